The molecular formula is C10H10ClF2NO. The molecule has 2 nitrogen and oxygen atoms in total. The molecule has 0 heterocycles. The van der Waals surface area contributed by atoms with Crippen LogP contribution in [0.3, 0.4) is 0 Å². The number of alkyl halides is 2. The van der Waals surface area contributed by atoms with Crippen LogP contribution in [0.5, 0.6) is 0 Å². The molecule has 1 aromatic rings. The van der Waals surface area contributed by atoms with E-state index in [1.807, 2.05) is 0 Å². The van der Waals surface area contributed by atoms with E-state index in [2.05, 4.69) is 5.32 Å². The van der Waals surface area contributed by atoms with Crippen molar-refractivity contribution >= 4 is 17.5 Å². The molecule has 0 unspecified atom stereocenters. The molecule has 82 valence electrons. The molecule has 1 amide bonds. The second-order valence-electron chi connectivity index (χ2n) is 3.16. The molecule has 0 saturated carbocycles. The first-order valence-electron chi connectivity index (χ1n) is 4.26. The molecule has 0 radical (unpaired) electrons. The van der Waals surface area contributed by atoms with Gasteiger partial charge < -0.3 is 5.32 Å². The van der Waals surface area contributed by atoms with E-state index in [0.29, 0.717) is 0 Å². The zero-order chi connectivity index (χ0) is 11.6. The maximum absolute atomic E-state index is 12.9. The zero-order valence-corrected chi connectivity index (χ0v) is 9.03. The standard InChI is InChI=1S/C10H10ClF2NO/c1-10(12,13)7-4-3-6(5-8(7)11)9(15)14-2/h3-5H,1-2H3,(H,14,15). The van der Waals surface area contributed by atoms with E-state index in [-0.39, 0.29) is 22.1 Å². The van der Waals surface area contributed by atoms with Gasteiger partial charge in [-0.25, -0.2) is 8.78 Å². The number of nitrogens with one attached hydrogen (secondary N) is 1. The van der Waals surface area contributed by atoms with E-state index < -0.39 is 5.92 Å². The van der Waals surface area contributed by atoms with Crippen molar-refractivity contribution in [1.82, 2.24) is 5.32 Å². The highest BCUT2D eigenvalue weighted by Crippen LogP contribution is 2.33. The molecular weight excluding hydrogens is 224 g/mol. The molecule has 0 bridgehead atoms. The van der Waals surface area contributed by atoms with Crippen molar-refractivity contribution < 1.29 is 13.6 Å². The predicted molar refractivity (Wildman–Crippen MR) is 54.4 cm³/mol. The van der Waals surface area contributed by atoms with E-state index >= 15 is 0 Å². The van der Waals surface area contributed by atoms with Gasteiger partial charge in [0.05, 0.1) is 5.02 Å². The lowest BCUT2D eigenvalue weighted by Gasteiger charge is -2.13. The predicted octanol–water partition coefficient (Wildman–Crippen LogP) is 2.81. The van der Waals surface area contributed by atoms with Crippen LogP contribution in [-0.2, 0) is 5.92 Å². The molecule has 1 aromatic carbocycles. The van der Waals surface area contributed by atoms with E-state index in [4.69, 9.17) is 11.6 Å². The number of carbonyl (C=O) groups is 1. The van der Waals surface area contributed by atoms with E-state index in [9.17, 15) is 13.6 Å². The molecule has 0 atom stereocenters. The van der Waals surface area contributed by atoms with Gasteiger partial charge in [-0.2, -0.15) is 0 Å². The van der Waals surface area contributed by atoms with Gasteiger partial charge in [-0.05, 0) is 12.1 Å². The van der Waals surface area contributed by atoms with Gasteiger partial charge in [0.1, 0.15) is 0 Å². The van der Waals surface area contributed by atoms with Crippen LogP contribution < -0.4 is 5.32 Å². The summed E-state index contributed by atoms with van der Waals surface area (Å²) in [4.78, 5) is 11.2. The van der Waals surface area contributed by atoms with Crippen LogP contribution >= 0.6 is 11.6 Å². The van der Waals surface area contributed by atoms with Crippen molar-refractivity contribution in [3.8, 4) is 0 Å². The number of halogens is 3. The molecule has 1 N–H and O–H groups in total. The lowest BCUT2D eigenvalue weighted by atomic mass is 10.1. The monoisotopic (exact) mass is 233 g/mol. The third-order valence-electron chi connectivity index (χ3n) is 1.93. The summed E-state index contributed by atoms with van der Waals surface area (Å²) >= 11 is 5.66. The summed E-state index contributed by atoms with van der Waals surface area (Å²) in [5.74, 6) is -3.36. The van der Waals surface area contributed by atoms with Crippen molar-refractivity contribution in [3.63, 3.8) is 0 Å². The molecule has 0 aliphatic rings. The molecule has 0 fully saturated rings. The fourth-order valence-electron chi connectivity index (χ4n) is 1.16. The molecule has 5 heteroatoms. The maximum atomic E-state index is 12.9. The Morgan fingerprint density at radius 3 is 2.47 bits per heavy atom. The smallest absolute Gasteiger partial charge is 0.271 e. The highest BCUT2D eigenvalue weighted by molar-refractivity contribution is 6.31. The van der Waals surface area contributed by atoms with Crippen LogP contribution in [-0.4, -0.2) is 13.0 Å². The lowest BCUT2D eigenvalue weighted by molar-refractivity contribution is 0.0175. The van der Waals surface area contributed by atoms with Crippen LogP contribution in [0.2, 0.25) is 5.02 Å². The minimum Gasteiger partial charge on any atom is -0.355 e. The second-order valence-corrected chi connectivity index (χ2v) is 3.57. The van der Waals surface area contributed by atoms with E-state index in [0.717, 1.165) is 13.0 Å². The van der Waals surface area contributed by atoms with Gasteiger partial charge in [0.2, 0.25) is 0 Å². The maximum Gasteiger partial charge on any atom is 0.271 e. The Balaban J connectivity index is 3.15. The Kier molecular flexibility index (Phi) is 3.29. The number of carbonyl (C=O) groups excluding carboxylic acids is 1. The fraction of sp³-hybridized carbons (Fsp3) is 0.300. The third kappa shape index (κ3) is 2.65. The Hall–Kier alpha value is -1.16. The minimum absolute atomic E-state index is 0.108. The molecule has 0 saturated heterocycles. The van der Waals surface area contributed by atoms with Crippen molar-refractivity contribution in [2.75, 3.05) is 7.05 Å². The SMILES string of the molecule is CNC(=O)c1ccc(C(C)(F)F)c(Cl)c1. The van der Waals surface area contributed by atoms with Crippen molar-refractivity contribution in [2.24, 2.45) is 0 Å². The van der Waals surface area contributed by atoms with Crippen molar-refractivity contribution in [1.29, 1.82) is 0 Å². The third-order valence-corrected chi connectivity index (χ3v) is 2.24. The van der Waals surface area contributed by atoms with Gasteiger partial charge in [-0.15, -0.1) is 0 Å². The Morgan fingerprint density at radius 1 is 1.47 bits per heavy atom. The average molecular weight is 234 g/mol. The summed E-state index contributed by atoms with van der Waals surface area (Å²) in [7, 11) is 1.46. The first-order chi connectivity index (χ1) is 6.86. The molecule has 15 heavy (non-hydrogen) atoms. The van der Waals surface area contributed by atoms with Gasteiger partial charge in [0.25, 0.3) is 11.8 Å². The summed E-state index contributed by atoms with van der Waals surface area (Å²) in [6.07, 6.45) is 0. The van der Waals surface area contributed by atoms with E-state index in [1.165, 1.54) is 19.2 Å². The summed E-state index contributed by atoms with van der Waals surface area (Å²) in [5.41, 5.74) is -0.0210. The van der Waals surface area contributed by atoms with Gasteiger partial charge >= 0.3 is 0 Å². The number of hydrogen-bond acceptors (Lipinski definition) is 1. The average Bonchev–Trinajstić information content (AvgIpc) is 2.14. The zero-order valence-electron chi connectivity index (χ0n) is 8.27. The Bertz CT molecular complexity index is 387. The highest BCUT2D eigenvalue weighted by atomic mass is 35.5. The summed E-state index contributed by atoms with van der Waals surface area (Å²) in [6, 6.07) is 3.71. The van der Waals surface area contributed by atoms with E-state index in [1.54, 1.807) is 0 Å². The quantitative estimate of drug-likeness (QED) is 0.836. The molecule has 0 aliphatic carbocycles. The first kappa shape index (κ1) is 11.9. The Morgan fingerprint density at radius 2 is 2.07 bits per heavy atom. The fourth-order valence-corrected chi connectivity index (χ4v) is 1.50. The molecule has 0 aliphatic heterocycles. The molecule has 0 spiro atoms. The topological polar surface area (TPSA) is 29.1 Å². The van der Waals surface area contributed by atoms with Crippen molar-refractivity contribution in [2.45, 2.75) is 12.8 Å². The first-order valence-corrected chi connectivity index (χ1v) is 4.64. The van der Waals surface area contributed by atoms with Crippen LogP contribution in [0.15, 0.2) is 18.2 Å². The van der Waals surface area contributed by atoms with Crippen LogP contribution in [0.25, 0.3) is 0 Å². The van der Waals surface area contributed by atoms with Crippen LogP contribution in [0.4, 0.5) is 8.78 Å². The van der Waals surface area contributed by atoms with Gasteiger partial charge in [0.15, 0.2) is 0 Å². The largest absolute Gasteiger partial charge is 0.355 e. The van der Waals surface area contributed by atoms with Crippen molar-refractivity contribution in [3.05, 3.63) is 34.3 Å². The number of amides is 1. The number of rotatable bonds is 2. The highest BCUT2D eigenvalue weighted by Gasteiger charge is 2.27. The minimum atomic E-state index is -3.00. The molecule has 1 rings (SSSR count). The second kappa shape index (κ2) is 4.14. The normalized spacial score (nSPS) is 11.3. The number of benzene rings is 1. The van der Waals surface area contributed by atoms with Gasteiger partial charge in [0, 0.05) is 25.1 Å². The summed E-state index contributed by atoms with van der Waals surface area (Å²) in [5, 5.41) is 2.27. The summed E-state index contributed by atoms with van der Waals surface area (Å²) < 4.78 is 25.9. The van der Waals surface area contributed by atoms with Gasteiger partial charge in [-0.1, -0.05) is 17.7 Å². The Labute approximate surface area is 91.2 Å². The lowest BCUT2D eigenvalue weighted by Crippen LogP contribution is -2.18. The number of hydrogen-bond donors (Lipinski definition) is 1. The summed E-state index contributed by atoms with van der Waals surface area (Å²) in [6.45, 7) is 0.758. The van der Waals surface area contributed by atoms with Gasteiger partial charge in [-0.3, -0.25) is 4.79 Å². The van der Waals surface area contributed by atoms with Crippen LogP contribution in [0.1, 0.15) is 22.8 Å². The molecule has 0 aromatic heterocycles. The van der Waals surface area contributed by atoms with Crippen LogP contribution in [0, 0.1) is 0 Å².